The fourth-order valence-electron chi connectivity index (χ4n) is 4.31. The topological polar surface area (TPSA) is 61.4 Å². The molecule has 0 aliphatic carbocycles. The standard InChI is InChI=1S/C19H29N5O/c1-19(2,3)8-17(25)23-7-6-16-13(12-23)9-21-18(22-16)24-14-4-5-15(24)11-20-10-14/h9,14-15,20H,4-8,10-12H2,1-3H3. The van der Waals surface area contributed by atoms with Gasteiger partial charge in [0.2, 0.25) is 11.9 Å². The van der Waals surface area contributed by atoms with Crippen LogP contribution >= 0.6 is 0 Å². The van der Waals surface area contributed by atoms with E-state index >= 15 is 0 Å². The lowest BCUT2D eigenvalue weighted by molar-refractivity contribution is -0.134. The Morgan fingerprint density at radius 3 is 2.68 bits per heavy atom. The number of rotatable bonds is 2. The fourth-order valence-corrected chi connectivity index (χ4v) is 4.31. The van der Waals surface area contributed by atoms with Crippen LogP contribution in [0.15, 0.2) is 6.20 Å². The molecule has 0 spiro atoms. The Hall–Kier alpha value is -1.69. The smallest absolute Gasteiger partial charge is 0.226 e. The van der Waals surface area contributed by atoms with E-state index < -0.39 is 0 Å². The normalized spacial score (nSPS) is 25.9. The largest absolute Gasteiger partial charge is 0.338 e. The molecule has 25 heavy (non-hydrogen) atoms. The number of piperazine rings is 1. The van der Waals surface area contributed by atoms with Crippen LogP contribution in [0.3, 0.4) is 0 Å². The monoisotopic (exact) mass is 343 g/mol. The number of carbonyl (C=O) groups excluding carboxylic acids is 1. The lowest BCUT2D eigenvalue weighted by Crippen LogP contribution is -2.52. The van der Waals surface area contributed by atoms with Crippen molar-refractivity contribution < 1.29 is 4.79 Å². The number of hydrogen-bond donors (Lipinski definition) is 1. The zero-order valence-corrected chi connectivity index (χ0v) is 15.6. The summed E-state index contributed by atoms with van der Waals surface area (Å²) < 4.78 is 0. The Morgan fingerprint density at radius 1 is 1.28 bits per heavy atom. The van der Waals surface area contributed by atoms with Crippen LogP contribution in [0.5, 0.6) is 0 Å². The van der Waals surface area contributed by atoms with Crippen molar-refractivity contribution in [2.75, 3.05) is 24.5 Å². The van der Waals surface area contributed by atoms with E-state index in [9.17, 15) is 4.79 Å². The van der Waals surface area contributed by atoms with Gasteiger partial charge in [0.15, 0.2) is 0 Å². The minimum atomic E-state index is 0.0271. The van der Waals surface area contributed by atoms with Crippen LogP contribution in [0.25, 0.3) is 0 Å². The van der Waals surface area contributed by atoms with Gasteiger partial charge in [-0.2, -0.15) is 0 Å². The van der Waals surface area contributed by atoms with Gasteiger partial charge >= 0.3 is 0 Å². The summed E-state index contributed by atoms with van der Waals surface area (Å²) in [6.45, 7) is 9.82. The van der Waals surface area contributed by atoms with Crippen molar-refractivity contribution in [2.45, 2.75) is 65.1 Å². The van der Waals surface area contributed by atoms with Gasteiger partial charge in [0.05, 0.1) is 5.69 Å². The summed E-state index contributed by atoms with van der Waals surface area (Å²) in [5.41, 5.74) is 2.27. The maximum Gasteiger partial charge on any atom is 0.226 e. The van der Waals surface area contributed by atoms with Crippen molar-refractivity contribution in [1.82, 2.24) is 20.2 Å². The first-order valence-corrected chi connectivity index (χ1v) is 9.52. The summed E-state index contributed by atoms with van der Waals surface area (Å²) in [4.78, 5) is 26.5. The average Bonchev–Trinajstić information content (AvgIpc) is 2.81. The molecule has 2 fully saturated rings. The van der Waals surface area contributed by atoms with Gasteiger partial charge < -0.3 is 15.1 Å². The van der Waals surface area contributed by atoms with Gasteiger partial charge in [-0.15, -0.1) is 0 Å². The second-order valence-corrected chi connectivity index (χ2v) is 8.90. The van der Waals surface area contributed by atoms with Crippen LogP contribution in [0.1, 0.15) is 51.3 Å². The van der Waals surface area contributed by atoms with E-state index in [2.05, 4.69) is 36.0 Å². The summed E-state index contributed by atoms with van der Waals surface area (Å²) in [6.07, 6.45) is 5.84. The minimum Gasteiger partial charge on any atom is -0.338 e. The first-order chi connectivity index (χ1) is 11.9. The summed E-state index contributed by atoms with van der Waals surface area (Å²) in [7, 11) is 0. The molecule has 2 saturated heterocycles. The highest BCUT2D eigenvalue weighted by atomic mass is 16.2. The molecule has 4 rings (SSSR count). The van der Waals surface area contributed by atoms with Crippen LogP contribution < -0.4 is 10.2 Å². The van der Waals surface area contributed by atoms with Gasteiger partial charge in [0.1, 0.15) is 0 Å². The first-order valence-electron chi connectivity index (χ1n) is 9.52. The minimum absolute atomic E-state index is 0.0271. The van der Waals surface area contributed by atoms with Crippen molar-refractivity contribution in [2.24, 2.45) is 5.41 Å². The molecule has 1 amide bonds. The zero-order valence-electron chi connectivity index (χ0n) is 15.6. The van der Waals surface area contributed by atoms with Gasteiger partial charge in [-0.3, -0.25) is 4.79 Å². The molecule has 0 radical (unpaired) electrons. The van der Waals surface area contributed by atoms with Crippen molar-refractivity contribution >= 4 is 11.9 Å². The van der Waals surface area contributed by atoms with Crippen molar-refractivity contribution in [3.05, 3.63) is 17.5 Å². The van der Waals surface area contributed by atoms with Crippen molar-refractivity contribution in [3.63, 3.8) is 0 Å². The number of anilines is 1. The molecule has 6 nitrogen and oxygen atoms in total. The number of aromatic nitrogens is 2. The third-order valence-corrected chi connectivity index (χ3v) is 5.57. The number of fused-ring (bicyclic) bond motifs is 3. The molecule has 1 aromatic heterocycles. The molecule has 1 N–H and O–H groups in total. The molecular formula is C19H29N5O. The molecule has 136 valence electrons. The number of nitrogens with zero attached hydrogens (tertiary/aromatic N) is 4. The number of carbonyl (C=O) groups is 1. The second kappa shape index (κ2) is 6.24. The van der Waals surface area contributed by atoms with Gasteiger partial charge in [-0.1, -0.05) is 20.8 Å². The predicted molar refractivity (Wildman–Crippen MR) is 97.4 cm³/mol. The van der Waals surface area contributed by atoms with E-state index in [0.29, 0.717) is 25.0 Å². The Morgan fingerprint density at radius 2 is 2.00 bits per heavy atom. The molecule has 0 aromatic carbocycles. The van der Waals surface area contributed by atoms with Crippen LogP contribution in [-0.4, -0.2) is 52.5 Å². The molecule has 1 aromatic rings. The van der Waals surface area contributed by atoms with E-state index in [-0.39, 0.29) is 11.3 Å². The summed E-state index contributed by atoms with van der Waals surface area (Å²) in [6, 6.07) is 1.07. The van der Waals surface area contributed by atoms with E-state index in [1.54, 1.807) is 0 Å². The Labute approximate surface area is 150 Å². The lowest BCUT2D eigenvalue weighted by atomic mass is 9.91. The third kappa shape index (κ3) is 3.36. The number of amides is 1. The Bertz CT molecular complexity index is 652. The first kappa shape index (κ1) is 16.8. The third-order valence-electron chi connectivity index (χ3n) is 5.57. The van der Waals surface area contributed by atoms with Crippen LogP contribution in [0.2, 0.25) is 0 Å². The highest BCUT2D eigenvalue weighted by Gasteiger charge is 2.38. The summed E-state index contributed by atoms with van der Waals surface area (Å²) in [5, 5.41) is 3.50. The molecule has 3 aliphatic rings. The fraction of sp³-hybridized carbons (Fsp3) is 0.737. The van der Waals surface area contributed by atoms with Gasteiger partial charge in [-0.25, -0.2) is 9.97 Å². The maximum absolute atomic E-state index is 12.5. The van der Waals surface area contributed by atoms with E-state index in [4.69, 9.17) is 4.98 Å². The molecule has 4 heterocycles. The molecule has 2 bridgehead atoms. The van der Waals surface area contributed by atoms with Crippen molar-refractivity contribution in [3.8, 4) is 0 Å². The molecule has 2 unspecified atom stereocenters. The predicted octanol–water partition coefficient (Wildman–Crippen LogP) is 1.74. The lowest BCUT2D eigenvalue weighted by Gasteiger charge is -2.36. The maximum atomic E-state index is 12.5. The van der Waals surface area contributed by atoms with Crippen LogP contribution in [0, 0.1) is 5.41 Å². The molecule has 2 atom stereocenters. The molecule has 0 saturated carbocycles. The quantitative estimate of drug-likeness (QED) is 0.886. The van der Waals surface area contributed by atoms with Gasteiger partial charge in [-0.05, 0) is 18.3 Å². The van der Waals surface area contributed by atoms with Gasteiger partial charge in [0.25, 0.3) is 0 Å². The Balaban J connectivity index is 1.49. The highest BCUT2D eigenvalue weighted by Crippen LogP contribution is 2.31. The van der Waals surface area contributed by atoms with Crippen LogP contribution in [0.4, 0.5) is 5.95 Å². The van der Waals surface area contributed by atoms with Crippen molar-refractivity contribution in [1.29, 1.82) is 0 Å². The van der Waals surface area contributed by atoms with E-state index in [1.165, 1.54) is 12.8 Å². The molecular weight excluding hydrogens is 314 g/mol. The SMILES string of the molecule is CC(C)(C)CC(=O)N1CCc2nc(N3C4CCC3CNC4)ncc2C1. The Kier molecular flexibility index (Phi) is 4.18. The number of hydrogen-bond acceptors (Lipinski definition) is 5. The van der Waals surface area contributed by atoms with E-state index in [0.717, 1.165) is 43.3 Å². The average molecular weight is 343 g/mol. The van der Waals surface area contributed by atoms with Crippen LogP contribution in [-0.2, 0) is 17.8 Å². The van der Waals surface area contributed by atoms with Gasteiger partial charge in [0, 0.05) is 62.9 Å². The summed E-state index contributed by atoms with van der Waals surface area (Å²) >= 11 is 0. The summed E-state index contributed by atoms with van der Waals surface area (Å²) in [5.74, 6) is 1.13. The molecule has 6 heteroatoms. The number of nitrogens with one attached hydrogen (secondary N) is 1. The molecule has 3 aliphatic heterocycles. The highest BCUT2D eigenvalue weighted by molar-refractivity contribution is 5.77. The van der Waals surface area contributed by atoms with E-state index in [1.807, 2.05) is 11.1 Å². The second-order valence-electron chi connectivity index (χ2n) is 8.90. The zero-order chi connectivity index (χ0) is 17.6.